The SMILES string of the molecule is COc1ccc(C(=O)NCc2cc(-c3ccccc3)no2)cc1. The number of ether oxygens (including phenoxy) is 1. The van der Waals surface area contributed by atoms with Crippen molar-refractivity contribution in [1.82, 2.24) is 10.5 Å². The van der Waals surface area contributed by atoms with Crippen molar-refractivity contribution in [3.05, 3.63) is 72.0 Å². The minimum absolute atomic E-state index is 0.176. The zero-order valence-corrected chi connectivity index (χ0v) is 12.7. The van der Waals surface area contributed by atoms with Crippen molar-refractivity contribution in [2.75, 3.05) is 7.11 Å². The normalized spacial score (nSPS) is 10.3. The van der Waals surface area contributed by atoms with Gasteiger partial charge < -0.3 is 14.6 Å². The van der Waals surface area contributed by atoms with Gasteiger partial charge in [-0.2, -0.15) is 0 Å². The summed E-state index contributed by atoms with van der Waals surface area (Å²) in [5.41, 5.74) is 2.29. The molecule has 0 fully saturated rings. The Bertz CT molecular complexity index is 780. The first-order chi connectivity index (χ1) is 11.3. The number of aromatic nitrogens is 1. The molecule has 0 radical (unpaired) electrons. The summed E-state index contributed by atoms with van der Waals surface area (Å²) in [4.78, 5) is 12.1. The summed E-state index contributed by atoms with van der Waals surface area (Å²) in [5, 5.41) is 6.82. The average Bonchev–Trinajstić information content (AvgIpc) is 3.09. The quantitative estimate of drug-likeness (QED) is 0.785. The van der Waals surface area contributed by atoms with Gasteiger partial charge in [-0.25, -0.2) is 0 Å². The molecule has 116 valence electrons. The third-order valence-electron chi connectivity index (χ3n) is 3.40. The maximum absolute atomic E-state index is 12.1. The first kappa shape index (κ1) is 14.8. The first-order valence-corrected chi connectivity index (χ1v) is 7.19. The number of carbonyl (C=O) groups excluding carboxylic acids is 1. The highest BCUT2D eigenvalue weighted by atomic mass is 16.5. The summed E-state index contributed by atoms with van der Waals surface area (Å²) in [6.07, 6.45) is 0. The van der Waals surface area contributed by atoms with Crippen LogP contribution in [0.5, 0.6) is 5.75 Å². The van der Waals surface area contributed by atoms with Gasteiger partial charge in [-0.05, 0) is 24.3 Å². The van der Waals surface area contributed by atoms with Gasteiger partial charge in [0.1, 0.15) is 11.4 Å². The highest BCUT2D eigenvalue weighted by molar-refractivity contribution is 5.94. The molecule has 23 heavy (non-hydrogen) atoms. The fourth-order valence-electron chi connectivity index (χ4n) is 2.15. The maximum Gasteiger partial charge on any atom is 0.251 e. The lowest BCUT2D eigenvalue weighted by molar-refractivity contribution is 0.0947. The molecule has 0 bridgehead atoms. The third kappa shape index (κ3) is 3.58. The smallest absolute Gasteiger partial charge is 0.251 e. The Balaban J connectivity index is 1.62. The first-order valence-electron chi connectivity index (χ1n) is 7.19. The van der Waals surface area contributed by atoms with Crippen LogP contribution in [0.4, 0.5) is 0 Å². The van der Waals surface area contributed by atoms with E-state index >= 15 is 0 Å². The Labute approximate surface area is 133 Å². The molecule has 1 aromatic heterocycles. The second kappa shape index (κ2) is 6.79. The van der Waals surface area contributed by atoms with E-state index in [0.29, 0.717) is 17.1 Å². The summed E-state index contributed by atoms with van der Waals surface area (Å²) in [6, 6.07) is 18.5. The number of amides is 1. The van der Waals surface area contributed by atoms with E-state index < -0.39 is 0 Å². The van der Waals surface area contributed by atoms with E-state index in [9.17, 15) is 4.79 Å². The predicted molar refractivity (Wildman–Crippen MR) is 86.1 cm³/mol. The standard InChI is InChI=1S/C18H16N2O3/c1-22-15-9-7-14(8-10-15)18(21)19-12-16-11-17(20-23-16)13-5-3-2-4-6-13/h2-11H,12H2,1H3,(H,19,21). The number of hydrogen-bond acceptors (Lipinski definition) is 4. The fraction of sp³-hybridized carbons (Fsp3) is 0.111. The van der Waals surface area contributed by atoms with Crippen molar-refractivity contribution in [2.45, 2.75) is 6.54 Å². The van der Waals surface area contributed by atoms with Crippen LogP contribution in [0.1, 0.15) is 16.1 Å². The van der Waals surface area contributed by atoms with Gasteiger partial charge in [0.05, 0.1) is 13.7 Å². The zero-order valence-electron chi connectivity index (χ0n) is 12.7. The molecule has 0 aliphatic rings. The van der Waals surface area contributed by atoms with Gasteiger partial charge in [-0.15, -0.1) is 0 Å². The van der Waals surface area contributed by atoms with Gasteiger partial charge in [0.15, 0.2) is 5.76 Å². The van der Waals surface area contributed by atoms with E-state index in [4.69, 9.17) is 9.26 Å². The van der Waals surface area contributed by atoms with E-state index in [1.54, 1.807) is 31.4 Å². The molecule has 1 amide bonds. The summed E-state index contributed by atoms with van der Waals surface area (Å²) < 4.78 is 10.3. The highest BCUT2D eigenvalue weighted by Crippen LogP contribution is 2.18. The van der Waals surface area contributed by atoms with Crippen LogP contribution in [0, 0.1) is 0 Å². The lowest BCUT2D eigenvalue weighted by Gasteiger charge is -2.04. The Morgan fingerprint density at radius 1 is 1.13 bits per heavy atom. The van der Waals surface area contributed by atoms with Gasteiger partial charge in [-0.1, -0.05) is 35.5 Å². The van der Waals surface area contributed by atoms with Crippen molar-refractivity contribution in [2.24, 2.45) is 0 Å². The molecule has 1 N–H and O–H groups in total. The Morgan fingerprint density at radius 3 is 2.57 bits per heavy atom. The Morgan fingerprint density at radius 2 is 1.87 bits per heavy atom. The van der Waals surface area contributed by atoms with Gasteiger partial charge in [-0.3, -0.25) is 4.79 Å². The van der Waals surface area contributed by atoms with Crippen LogP contribution in [-0.4, -0.2) is 18.2 Å². The molecule has 3 aromatic rings. The van der Waals surface area contributed by atoms with Crippen molar-refractivity contribution >= 4 is 5.91 Å². The lowest BCUT2D eigenvalue weighted by atomic mass is 10.1. The molecule has 5 nitrogen and oxygen atoms in total. The monoisotopic (exact) mass is 308 g/mol. The summed E-state index contributed by atoms with van der Waals surface area (Å²) in [7, 11) is 1.59. The number of nitrogens with zero attached hydrogens (tertiary/aromatic N) is 1. The number of rotatable bonds is 5. The Kier molecular flexibility index (Phi) is 4.38. The van der Waals surface area contributed by atoms with E-state index in [2.05, 4.69) is 10.5 Å². The molecule has 2 aromatic carbocycles. The Hall–Kier alpha value is -3.08. The molecule has 0 aliphatic heterocycles. The van der Waals surface area contributed by atoms with Gasteiger partial charge >= 0.3 is 0 Å². The number of carbonyl (C=O) groups is 1. The average molecular weight is 308 g/mol. The van der Waals surface area contributed by atoms with Crippen LogP contribution in [0.3, 0.4) is 0 Å². The molecule has 0 spiro atoms. The van der Waals surface area contributed by atoms with E-state index in [1.807, 2.05) is 36.4 Å². The molecule has 1 heterocycles. The molecule has 0 saturated carbocycles. The van der Waals surface area contributed by atoms with Crippen LogP contribution >= 0.6 is 0 Å². The second-order valence-corrected chi connectivity index (χ2v) is 4.96. The van der Waals surface area contributed by atoms with Crippen molar-refractivity contribution in [1.29, 1.82) is 0 Å². The van der Waals surface area contributed by atoms with Gasteiger partial charge in [0.2, 0.25) is 0 Å². The van der Waals surface area contributed by atoms with E-state index in [1.165, 1.54) is 0 Å². The summed E-state index contributed by atoms with van der Waals surface area (Å²) >= 11 is 0. The molecular formula is C18H16N2O3. The molecule has 0 atom stereocenters. The molecule has 0 saturated heterocycles. The minimum atomic E-state index is -0.176. The maximum atomic E-state index is 12.1. The van der Waals surface area contributed by atoms with E-state index in [0.717, 1.165) is 11.3 Å². The van der Waals surface area contributed by atoms with Crippen molar-refractivity contribution in [3.63, 3.8) is 0 Å². The fourth-order valence-corrected chi connectivity index (χ4v) is 2.15. The molecule has 0 aliphatic carbocycles. The van der Waals surface area contributed by atoms with Gasteiger partial charge in [0, 0.05) is 17.2 Å². The minimum Gasteiger partial charge on any atom is -0.497 e. The number of hydrogen-bond donors (Lipinski definition) is 1. The van der Waals surface area contributed by atoms with Gasteiger partial charge in [0.25, 0.3) is 5.91 Å². The summed E-state index contributed by atoms with van der Waals surface area (Å²) in [5.74, 6) is 1.14. The largest absolute Gasteiger partial charge is 0.497 e. The van der Waals surface area contributed by atoms with Crippen LogP contribution in [0.25, 0.3) is 11.3 Å². The van der Waals surface area contributed by atoms with Crippen molar-refractivity contribution in [3.8, 4) is 17.0 Å². The van der Waals surface area contributed by atoms with E-state index in [-0.39, 0.29) is 12.5 Å². The number of methoxy groups -OCH3 is 1. The van der Waals surface area contributed by atoms with Crippen LogP contribution in [0.2, 0.25) is 0 Å². The number of benzene rings is 2. The molecule has 0 unspecified atom stereocenters. The zero-order chi connectivity index (χ0) is 16.1. The number of nitrogens with one attached hydrogen (secondary N) is 1. The predicted octanol–water partition coefficient (Wildman–Crippen LogP) is 3.28. The third-order valence-corrected chi connectivity index (χ3v) is 3.40. The highest BCUT2D eigenvalue weighted by Gasteiger charge is 2.09. The second-order valence-electron chi connectivity index (χ2n) is 4.96. The molecular weight excluding hydrogens is 292 g/mol. The van der Waals surface area contributed by atoms with Crippen LogP contribution in [-0.2, 0) is 6.54 Å². The topological polar surface area (TPSA) is 64.4 Å². The molecule has 5 heteroatoms. The van der Waals surface area contributed by atoms with Crippen molar-refractivity contribution < 1.29 is 14.1 Å². The van der Waals surface area contributed by atoms with Crippen LogP contribution < -0.4 is 10.1 Å². The lowest BCUT2D eigenvalue weighted by Crippen LogP contribution is -2.22. The molecule has 3 rings (SSSR count). The summed E-state index contributed by atoms with van der Waals surface area (Å²) in [6.45, 7) is 0.282. The van der Waals surface area contributed by atoms with Crippen LogP contribution in [0.15, 0.2) is 65.2 Å².